The lowest BCUT2D eigenvalue weighted by atomic mass is 9.89. The number of halogens is 1. The van der Waals surface area contributed by atoms with Gasteiger partial charge in [0.2, 0.25) is 0 Å². The van der Waals surface area contributed by atoms with Crippen LogP contribution in [0.2, 0.25) is 0 Å². The molecule has 1 aliphatic rings. The maximum absolute atomic E-state index is 12.9. The lowest BCUT2D eigenvalue weighted by Gasteiger charge is -2.16. The molecule has 0 aromatic heterocycles. The third-order valence-corrected chi connectivity index (χ3v) is 3.26. The van der Waals surface area contributed by atoms with E-state index in [1.54, 1.807) is 0 Å². The Morgan fingerprint density at radius 2 is 1.59 bits per heavy atom. The molecule has 0 saturated carbocycles. The Morgan fingerprint density at radius 1 is 0.824 bits per heavy atom. The van der Waals surface area contributed by atoms with E-state index in [1.807, 2.05) is 12.1 Å². The largest absolute Gasteiger partial charge is 0.207 e. The average molecular weight is 224 g/mol. The van der Waals surface area contributed by atoms with E-state index in [4.69, 9.17) is 0 Å². The second-order valence-electron chi connectivity index (χ2n) is 4.38. The van der Waals surface area contributed by atoms with E-state index in [2.05, 4.69) is 30.3 Å². The quantitative estimate of drug-likeness (QED) is 0.677. The van der Waals surface area contributed by atoms with E-state index in [-0.39, 0.29) is 5.82 Å². The molecule has 0 fully saturated rings. The van der Waals surface area contributed by atoms with Crippen LogP contribution in [0, 0.1) is 5.82 Å². The summed E-state index contributed by atoms with van der Waals surface area (Å²) in [6, 6.07) is 15.2. The topological polar surface area (TPSA) is 0 Å². The second-order valence-corrected chi connectivity index (χ2v) is 4.38. The molecule has 0 unspecified atom stereocenters. The monoisotopic (exact) mass is 224 g/mol. The van der Waals surface area contributed by atoms with Gasteiger partial charge in [-0.05, 0) is 47.2 Å². The Kier molecular flexibility index (Phi) is 2.52. The Morgan fingerprint density at radius 3 is 2.41 bits per heavy atom. The fraction of sp³-hybridized carbons (Fsp3) is 0.125. The summed E-state index contributed by atoms with van der Waals surface area (Å²) in [6.45, 7) is 0. The Balaban J connectivity index is 2.01. The van der Waals surface area contributed by atoms with E-state index >= 15 is 0 Å². The lowest BCUT2D eigenvalue weighted by molar-refractivity contribution is 0.627. The van der Waals surface area contributed by atoms with Crippen molar-refractivity contribution in [2.45, 2.75) is 12.8 Å². The summed E-state index contributed by atoms with van der Waals surface area (Å²) in [7, 11) is 0. The second kappa shape index (κ2) is 4.17. The molecule has 1 heteroatoms. The van der Waals surface area contributed by atoms with Crippen LogP contribution < -0.4 is 0 Å². The van der Waals surface area contributed by atoms with Gasteiger partial charge in [0.05, 0.1) is 0 Å². The van der Waals surface area contributed by atoms with Crippen LogP contribution >= 0.6 is 0 Å². The third kappa shape index (κ3) is 2.01. The van der Waals surface area contributed by atoms with E-state index < -0.39 is 0 Å². The third-order valence-electron chi connectivity index (χ3n) is 3.26. The summed E-state index contributed by atoms with van der Waals surface area (Å²) >= 11 is 0. The van der Waals surface area contributed by atoms with Gasteiger partial charge in [0, 0.05) is 0 Å². The average Bonchev–Trinajstić information content (AvgIpc) is 2.39. The van der Waals surface area contributed by atoms with Crippen molar-refractivity contribution in [1.29, 1.82) is 0 Å². The smallest absolute Gasteiger partial charge is 0.123 e. The van der Waals surface area contributed by atoms with Gasteiger partial charge >= 0.3 is 0 Å². The molecule has 0 atom stereocenters. The van der Waals surface area contributed by atoms with Gasteiger partial charge in [0.15, 0.2) is 0 Å². The molecule has 0 amide bonds. The van der Waals surface area contributed by atoms with E-state index in [0.29, 0.717) is 0 Å². The van der Waals surface area contributed by atoms with E-state index in [9.17, 15) is 4.39 Å². The number of allylic oxidation sites excluding steroid dienone is 1. The van der Waals surface area contributed by atoms with Crippen LogP contribution in [0.5, 0.6) is 0 Å². The Bertz CT molecular complexity index is 564. The van der Waals surface area contributed by atoms with Gasteiger partial charge in [-0.1, -0.05) is 42.5 Å². The highest BCUT2D eigenvalue weighted by Crippen LogP contribution is 2.30. The first-order valence-corrected chi connectivity index (χ1v) is 5.87. The van der Waals surface area contributed by atoms with E-state index in [0.717, 1.165) is 18.4 Å². The summed E-state index contributed by atoms with van der Waals surface area (Å²) in [5.41, 5.74) is 5.11. The molecular formula is C16H13F. The number of aryl methyl sites for hydroxylation is 1. The van der Waals surface area contributed by atoms with Crippen LogP contribution in [0.3, 0.4) is 0 Å². The van der Waals surface area contributed by atoms with Gasteiger partial charge in [0.1, 0.15) is 5.82 Å². The first-order chi connectivity index (χ1) is 8.33. The zero-order valence-electron chi connectivity index (χ0n) is 9.49. The first-order valence-electron chi connectivity index (χ1n) is 5.87. The summed E-state index contributed by atoms with van der Waals surface area (Å²) in [5, 5.41) is 0. The van der Waals surface area contributed by atoms with Crippen molar-refractivity contribution in [3.8, 4) is 0 Å². The van der Waals surface area contributed by atoms with E-state index in [1.165, 1.54) is 28.8 Å². The first kappa shape index (κ1) is 10.3. The SMILES string of the molecule is Fc1ccc(C2=Cc3ccccc3CC2)cc1. The molecule has 0 saturated heterocycles. The minimum atomic E-state index is -0.175. The highest BCUT2D eigenvalue weighted by molar-refractivity contribution is 5.84. The summed E-state index contributed by atoms with van der Waals surface area (Å²) in [6.07, 6.45) is 4.31. The summed E-state index contributed by atoms with van der Waals surface area (Å²) < 4.78 is 12.9. The molecule has 84 valence electrons. The molecule has 0 bridgehead atoms. The van der Waals surface area contributed by atoms with Crippen molar-refractivity contribution in [2.75, 3.05) is 0 Å². The molecule has 0 N–H and O–H groups in total. The number of hydrogen-bond acceptors (Lipinski definition) is 0. The zero-order valence-corrected chi connectivity index (χ0v) is 9.49. The molecule has 0 radical (unpaired) electrons. The van der Waals surface area contributed by atoms with Crippen molar-refractivity contribution >= 4 is 11.6 Å². The Hall–Kier alpha value is -1.89. The maximum atomic E-state index is 12.9. The number of hydrogen-bond donors (Lipinski definition) is 0. The lowest BCUT2D eigenvalue weighted by Crippen LogP contribution is -1.98. The van der Waals surface area contributed by atoms with Crippen molar-refractivity contribution < 1.29 is 4.39 Å². The fourth-order valence-corrected chi connectivity index (χ4v) is 2.32. The van der Waals surface area contributed by atoms with Crippen molar-refractivity contribution in [2.24, 2.45) is 0 Å². The van der Waals surface area contributed by atoms with Gasteiger partial charge < -0.3 is 0 Å². The van der Waals surface area contributed by atoms with Crippen molar-refractivity contribution in [1.82, 2.24) is 0 Å². The van der Waals surface area contributed by atoms with Gasteiger partial charge in [-0.15, -0.1) is 0 Å². The van der Waals surface area contributed by atoms with Crippen LogP contribution in [0.1, 0.15) is 23.1 Å². The Labute approximate surface area is 100 Å². The summed E-state index contributed by atoms with van der Waals surface area (Å²) in [5.74, 6) is -0.175. The summed E-state index contributed by atoms with van der Waals surface area (Å²) in [4.78, 5) is 0. The zero-order chi connectivity index (χ0) is 11.7. The number of rotatable bonds is 1. The van der Waals surface area contributed by atoms with Crippen LogP contribution in [0.4, 0.5) is 4.39 Å². The molecule has 0 spiro atoms. The molecule has 0 heterocycles. The molecular weight excluding hydrogens is 211 g/mol. The highest BCUT2D eigenvalue weighted by Gasteiger charge is 2.10. The minimum Gasteiger partial charge on any atom is -0.207 e. The van der Waals surface area contributed by atoms with Gasteiger partial charge in [-0.2, -0.15) is 0 Å². The van der Waals surface area contributed by atoms with Crippen LogP contribution in [0.25, 0.3) is 11.6 Å². The van der Waals surface area contributed by atoms with Gasteiger partial charge in [-0.3, -0.25) is 0 Å². The highest BCUT2D eigenvalue weighted by atomic mass is 19.1. The number of fused-ring (bicyclic) bond motifs is 1. The van der Waals surface area contributed by atoms with Crippen LogP contribution in [-0.4, -0.2) is 0 Å². The molecule has 0 aliphatic heterocycles. The molecule has 1 aliphatic carbocycles. The predicted molar refractivity (Wildman–Crippen MR) is 69.0 cm³/mol. The van der Waals surface area contributed by atoms with Crippen LogP contribution in [0.15, 0.2) is 48.5 Å². The molecule has 2 aromatic rings. The fourth-order valence-electron chi connectivity index (χ4n) is 2.32. The van der Waals surface area contributed by atoms with Gasteiger partial charge in [0.25, 0.3) is 0 Å². The normalized spacial score (nSPS) is 14.1. The number of benzene rings is 2. The minimum absolute atomic E-state index is 0.175. The molecule has 17 heavy (non-hydrogen) atoms. The van der Waals surface area contributed by atoms with Crippen molar-refractivity contribution in [3.05, 3.63) is 71.0 Å². The molecule has 0 nitrogen and oxygen atoms in total. The van der Waals surface area contributed by atoms with Crippen LogP contribution in [-0.2, 0) is 6.42 Å². The standard InChI is InChI=1S/C16H13F/c17-16-9-7-13(8-10-16)15-6-5-12-3-1-2-4-14(12)11-15/h1-4,7-11H,5-6H2. The maximum Gasteiger partial charge on any atom is 0.123 e. The molecule has 2 aromatic carbocycles. The van der Waals surface area contributed by atoms with Gasteiger partial charge in [-0.25, -0.2) is 4.39 Å². The predicted octanol–water partition coefficient (Wildman–Crippen LogP) is 4.31. The molecule has 3 rings (SSSR count). The van der Waals surface area contributed by atoms with Crippen molar-refractivity contribution in [3.63, 3.8) is 0 Å².